The van der Waals surface area contributed by atoms with E-state index in [2.05, 4.69) is 23.0 Å². The van der Waals surface area contributed by atoms with E-state index in [1.807, 2.05) is 11.6 Å². The number of nitrogens with zero attached hydrogens (tertiary/aromatic N) is 4. The summed E-state index contributed by atoms with van der Waals surface area (Å²) in [6.07, 6.45) is 3.13. The molecule has 6 heteroatoms. The van der Waals surface area contributed by atoms with Gasteiger partial charge in [0, 0.05) is 32.3 Å². The van der Waals surface area contributed by atoms with Crippen LogP contribution in [0, 0.1) is 10.1 Å². The summed E-state index contributed by atoms with van der Waals surface area (Å²) in [4.78, 5) is 17.3. The SMILES string of the molecule is CN1CC=C(c2nc3ccc([N+](=O)[O-])cc3n2C)CC1. The standard InChI is InChI=1S/C14H16N4O2/c1-16-7-5-10(6-8-16)14-15-12-4-3-11(18(19)20)9-13(12)17(14)2/h3-5,9H,6-8H2,1-2H3. The molecule has 0 N–H and O–H groups in total. The third kappa shape index (κ3) is 2.08. The summed E-state index contributed by atoms with van der Waals surface area (Å²) in [5.41, 5.74) is 2.91. The molecule has 0 radical (unpaired) electrons. The molecule has 0 amide bonds. The van der Waals surface area contributed by atoms with Crippen molar-refractivity contribution in [1.82, 2.24) is 14.5 Å². The molecule has 0 saturated carbocycles. The van der Waals surface area contributed by atoms with Crippen LogP contribution in [0.4, 0.5) is 5.69 Å². The normalized spacial score (nSPS) is 16.4. The van der Waals surface area contributed by atoms with Gasteiger partial charge in [-0.1, -0.05) is 6.08 Å². The second kappa shape index (κ2) is 4.72. The first kappa shape index (κ1) is 12.8. The van der Waals surface area contributed by atoms with Gasteiger partial charge in [0.1, 0.15) is 5.82 Å². The van der Waals surface area contributed by atoms with Gasteiger partial charge in [-0.25, -0.2) is 4.98 Å². The van der Waals surface area contributed by atoms with Crippen molar-refractivity contribution >= 4 is 22.3 Å². The highest BCUT2D eigenvalue weighted by molar-refractivity contribution is 5.82. The van der Waals surface area contributed by atoms with Crippen LogP contribution in [-0.4, -0.2) is 39.5 Å². The van der Waals surface area contributed by atoms with E-state index in [0.717, 1.165) is 36.4 Å². The molecule has 0 aliphatic carbocycles. The van der Waals surface area contributed by atoms with Crippen LogP contribution in [0.25, 0.3) is 16.6 Å². The first-order valence-corrected chi connectivity index (χ1v) is 6.55. The van der Waals surface area contributed by atoms with Crippen LogP contribution in [0.5, 0.6) is 0 Å². The molecule has 2 heterocycles. The van der Waals surface area contributed by atoms with Crippen LogP contribution in [0.1, 0.15) is 12.2 Å². The molecule has 20 heavy (non-hydrogen) atoms. The van der Waals surface area contributed by atoms with E-state index in [-0.39, 0.29) is 10.6 Å². The maximum Gasteiger partial charge on any atom is 0.271 e. The molecule has 0 bridgehead atoms. The molecule has 104 valence electrons. The number of benzene rings is 1. The van der Waals surface area contributed by atoms with E-state index in [0.29, 0.717) is 0 Å². The monoisotopic (exact) mass is 272 g/mol. The van der Waals surface area contributed by atoms with Gasteiger partial charge in [-0.15, -0.1) is 0 Å². The molecule has 1 aliphatic rings. The van der Waals surface area contributed by atoms with Gasteiger partial charge >= 0.3 is 0 Å². The van der Waals surface area contributed by atoms with Crippen LogP contribution in [0.2, 0.25) is 0 Å². The van der Waals surface area contributed by atoms with Crippen molar-refractivity contribution in [3.05, 3.63) is 40.2 Å². The molecule has 6 nitrogen and oxygen atoms in total. The first-order valence-electron chi connectivity index (χ1n) is 6.55. The summed E-state index contributed by atoms with van der Waals surface area (Å²) in [6, 6.07) is 4.80. The fourth-order valence-corrected chi connectivity index (χ4v) is 2.55. The highest BCUT2D eigenvalue weighted by Crippen LogP contribution is 2.27. The topological polar surface area (TPSA) is 64.2 Å². The number of rotatable bonds is 2. The van der Waals surface area contributed by atoms with Gasteiger partial charge in [0.05, 0.1) is 16.0 Å². The van der Waals surface area contributed by atoms with Crippen molar-refractivity contribution in [3.8, 4) is 0 Å². The van der Waals surface area contributed by atoms with Crippen LogP contribution < -0.4 is 0 Å². The number of fused-ring (bicyclic) bond motifs is 1. The lowest BCUT2D eigenvalue weighted by molar-refractivity contribution is -0.384. The van der Waals surface area contributed by atoms with Crippen molar-refractivity contribution in [2.24, 2.45) is 7.05 Å². The molecular weight excluding hydrogens is 256 g/mol. The Bertz CT molecular complexity index is 717. The molecule has 3 rings (SSSR count). The fraction of sp³-hybridized carbons (Fsp3) is 0.357. The Morgan fingerprint density at radius 1 is 1.35 bits per heavy atom. The number of likely N-dealkylation sites (N-methyl/N-ethyl adjacent to an activating group) is 1. The van der Waals surface area contributed by atoms with Gasteiger partial charge in [-0.2, -0.15) is 0 Å². The number of hydrogen-bond donors (Lipinski definition) is 0. The summed E-state index contributed by atoms with van der Waals surface area (Å²) in [5.74, 6) is 0.911. The minimum atomic E-state index is -0.374. The van der Waals surface area contributed by atoms with Crippen molar-refractivity contribution in [2.75, 3.05) is 20.1 Å². The predicted molar refractivity (Wildman–Crippen MR) is 77.5 cm³/mol. The third-order valence-electron chi connectivity index (χ3n) is 3.77. The maximum absolute atomic E-state index is 10.9. The van der Waals surface area contributed by atoms with Crippen LogP contribution in [-0.2, 0) is 7.05 Å². The molecule has 0 saturated heterocycles. The summed E-state index contributed by atoms with van der Waals surface area (Å²) < 4.78 is 1.94. The van der Waals surface area contributed by atoms with E-state index >= 15 is 0 Å². The van der Waals surface area contributed by atoms with Crippen LogP contribution in [0.15, 0.2) is 24.3 Å². The Balaban J connectivity index is 2.09. The summed E-state index contributed by atoms with van der Waals surface area (Å²) in [6.45, 7) is 1.92. The molecule has 1 aliphatic heterocycles. The second-order valence-electron chi connectivity index (χ2n) is 5.17. The molecule has 1 aromatic carbocycles. The van der Waals surface area contributed by atoms with E-state index in [1.165, 1.54) is 11.6 Å². The lowest BCUT2D eigenvalue weighted by Crippen LogP contribution is -2.24. The van der Waals surface area contributed by atoms with Gasteiger partial charge in [-0.3, -0.25) is 10.1 Å². The van der Waals surface area contributed by atoms with Gasteiger partial charge in [0.2, 0.25) is 0 Å². The van der Waals surface area contributed by atoms with E-state index in [9.17, 15) is 10.1 Å². The highest BCUT2D eigenvalue weighted by atomic mass is 16.6. The largest absolute Gasteiger partial charge is 0.327 e. The second-order valence-corrected chi connectivity index (χ2v) is 5.17. The van der Waals surface area contributed by atoms with Crippen LogP contribution >= 0.6 is 0 Å². The predicted octanol–water partition coefficient (Wildman–Crippen LogP) is 2.20. The van der Waals surface area contributed by atoms with Gasteiger partial charge in [0.25, 0.3) is 5.69 Å². The van der Waals surface area contributed by atoms with Crippen LogP contribution in [0.3, 0.4) is 0 Å². The number of nitro benzene ring substituents is 1. The summed E-state index contributed by atoms with van der Waals surface area (Å²) >= 11 is 0. The molecular formula is C14H16N4O2. The van der Waals surface area contributed by atoms with Gasteiger partial charge in [-0.05, 0) is 25.1 Å². The lowest BCUT2D eigenvalue weighted by atomic mass is 10.1. The number of aromatic nitrogens is 2. The number of non-ortho nitro benzene ring substituents is 1. The zero-order chi connectivity index (χ0) is 14.3. The van der Waals surface area contributed by atoms with E-state index < -0.39 is 0 Å². The molecule has 1 aromatic heterocycles. The van der Waals surface area contributed by atoms with E-state index in [1.54, 1.807) is 12.1 Å². The van der Waals surface area contributed by atoms with Gasteiger partial charge in [0.15, 0.2) is 0 Å². The lowest BCUT2D eigenvalue weighted by Gasteiger charge is -2.21. The Morgan fingerprint density at radius 2 is 2.15 bits per heavy atom. The highest BCUT2D eigenvalue weighted by Gasteiger charge is 2.17. The smallest absolute Gasteiger partial charge is 0.271 e. The summed E-state index contributed by atoms with van der Waals surface area (Å²) in [7, 11) is 4.00. The molecule has 0 spiro atoms. The van der Waals surface area contributed by atoms with Crippen molar-refractivity contribution in [1.29, 1.82) is 0 Å². The zero-order valence-corrected chi connectivity index (χ0v) is 11.5. The van der Waals surface area contributed by atoms with Crippen molar-refractivity contribution < 1.29 is 4.92 Å². The minimum Gasteiger partial charge on any atom is -0.327 e. The quantitative estimate of drug-likeness (QED) is 0.621. The summed E-state index contributed by atoms with van der Waals surface area (Å²) in [5, 5.41) is 10.9. The molecule has 0 fully saturated rings. The van der Waals surface area contributed by atoms with Gasteiger partial charge < -0.3 is 9.47 Å². The maximum atomic E-state index is 10.9. The number of imidazole rings is 1. The molecule has 0 unspecified atom stereocenters. The number of nitro groups is 1. The van der Waals surface area contributed by atoms with Crippen molar-refractivity contribution in [3.63, 3.8) is 0 Å². The Labute approximate surface area is 116 Å². The molecule has 2 aromatic rings. The third-order valence-corrected chi connectivity index (χ3v) is 3.77. The Morgan fingerprint density at radius 3 is 2.80 bits per heavy atom. The van der Waals surface area contributed by atoms with Crippen molar-refractivity contribution in [2.45, 2.75) is 6.42 Å². The number of aryl methyl sites for hydroxylation is 1. The Hall–Kier alpha value is -2.21. The average Bonchev–Trinajstić information content (AvgIpc) is 2.76. The Kier molecular flexibility index (Phi) is 3.02. The fourth-order valence-electron chi connectivity index (χ4n) is 2.55. The molecule has 0 atom stereocenters. The first-order chi connectivity index (χ1) is 9.56. The van der Waals surface area contributed by atoms with E-state index in [4.69, 9.17) is 0 Å². The minimum absolute atomic E-state index is 0.101. The number of hydrogen-bond acceptors (Lipinski definition) is 4. The average molecular weight is 272 g/mol. The zero-order valence-electron chi connectivity index (χ0n) is 11.5.